The molecule has 0 atom stereocenters. The summed E-state index contributed by atoms with van der Waals surface area (Å²) < 4.78 is 5.29. The van der Waals surface area contributed by atoms with Gasteiger partial charge in [-0.3, -0.25) is 14.7 Å². The van der Waals surface area contributed by atoms with Crippen molar-refractivity contribution >= 4 is 57.4 Å². The smallest absolute Gasteiger partial charge is 0.322 e. The molecule has 2 aromatic carbocycles. The number of methoxy groups -OCH3 is 1. The zero-order valence-electron chi connectivity index (χ0n) is 16.0. The molecule has 154 valence electrons. The number of fused-ring (bicyclic) bond motifs is 1. The highest BCUT2D eigenvalue weighted by atomic mass is 35.5. The Balaban J connectivity index is 1.81. The standard InChI is InChI=1S/C21H18Cl2N4O3/c1-30-11-12-10-25-18-13(19(12)27-9-8-24-21(27)29)4-2-7-16(18)26-20(28)17-14(22)5-3-6-15(17)23/h2-7,10H,8-9,11H2,1H3,(H,24,29)(H,26,28). The van der Waals surface area contributed by atoms with Crippen molar-refractivity contribution in [1.82, 2.24) is 10.3 Å². The third-order valence-electron chi connectivity index (χ3n) is 4.81. The number of benzene rings is 2. The van der Waals surface area contributed by atoms with Gasteiger partial charge in [0, 0.05) is 37.3 Å². The average Bonchev–Trinajstić information content (AvgIpc) is 3.13. The molecule has 0 spiro atoms. The number of anilines is 2. The van der Waals surface area contributed by atoms with Crippen molar-refractivity contribution in [3.63, 3.8) is 0 Å². The largest absolute Gasteiger partial charge is 0.380 e. The fourth-order valence-corrected chi connectivity index (χ4v) is 4.08. The van der Waals surface area contributed by atoms with Gasteiger partial charge in [-0.25, -0.2) is 4.79 Å². The topological polar surface area (TPSA) is 83.6 Å². The second-order valence-corrected chi connectivity index (χ2v) is 7.52. The van der Waals surface area contributed by atoms with Crippen LogP contribution >= 0.6 is 23.2 Å². The third kappa shape index (κ3) is 3.67. The SMILES string of the molecule is COCc1cnc2c(NC(=O)c3c(Cl)cccc3Cl)cccc2c1N1CCNC1=O. The van der Waals surface area contributed by atoms with E-state index in [-0.39, 0.29) is 21.6 Å². The fourth-order valence-electron chi connectivity index (χ4n) is 3.52. The number of ether oxygens (including phenoxy) is 1. The van der Waals surface area contributed by atoms with Gasteiger partial charge in [0.05, 0.1) is 39.1 Å². The molecule has 3 amide bonds. The van der Waals surface area contributed by atoms with E-state index < -0.39 is 5.91 Å². The maximum absolute atomic E-state index is 12.9. The summed E-state index contributed by atoms with van der Waals surface area (Å²) in [5, 5.41) is 6.89. The Morgan fingerprint density at radius 2 is 1.97 bits per heavy atom. The van der Waals surface area contributed by atoms with Gasteiger partial charge >= 0.3 is 6.03 Å². The molecule has 0 radical (unpaired) electrons. The molecule has 1 aliphatic heterocycles. The normalized spacial score (nSPS) is 13.6. The van der Waals surface area contributed by atoms with Crippen molar-refractivity contribution < 1.29 is 14.3 Å². The first-order chi connectivity index (χ1) is 14.5. The van der Waals surface area contributed by atoms with Crippen LogP contribution in [-0.2, 0) is 11.3 Å². The number of amides is 3. The van der Waals surface area contributed by atoms with E-state index in [2.05, 4.69) is 15.6 Å². The van der Waals surface area contributed by atoms with Crippen LogP contribution in [0.4, 0.5) is 16.2 Å². The Kier molecular flexibility index (Phi) is 5.76. The Bertz CT molecular complexity index is 1130. The van der Waals surface area contributed by atoms with Crippen molar-refractivity contribution in [2.75, 3.05) is 30.4 Å². The lowest BCUT2D eigenvalue weighted by molar-refractivity contribution is 0.102. The lowest BCUT2D eigenvalue weighted by atomic mass is 10.1. The van der Waals surface area contributed by atoms with Crippen LogP contribution in [0, 0.1) is 0 Å². The minimum absolute atomic E-state index is 0.183. The lowest BCUT2D eigenvalue weighted by Gasteiger charge is -2.21. The van der Waals surface area contributed by atoms with Gasteiger partial charge in [-0.05, 0) is 18.2 Å². The summed E-state index contributed by atoms with van der Waals surface area (Å²) in [7, 11) is 1.59. The predicted octanol–water partition coefficient (Wildman–Crippen LogP) is 4.47. The second-order valence-electron chi connectivity index (χ2n) is 6.70. The minimum atomic E-state index is -0.443. The molecule has 1 saturated heterocycles. The monoisotopic (exact) mass is 444 g/mol. The highest BCUT2D eigenvalue weighted by Gasteiger charge is 2.26. The van der Waals surface area contributed by atoms with Crippen LogP contribution in [0.5, 0.6) is 0 Å². The quantitative estimate of drug-likeness (QED) is 0.607. The Hall–Kier alpha value is -2.87. The number of hydrogen-bond donors (Lipinski definition) is 2. The molecule has 2 heterocycles. The molecule has 0 unspecified atom stereocenters. The molecule has 2 N–H and O–H groups in total. The number of carbonyl (C=O) groups is 2. The van der Waals surface area contributed by atoms with Crippen LogP contribution < -0.4 is 15.5 Å². The number of nitrogens with zero attached hydrogens (tertiary/aromatic N) is 2. The molecular formula is C21H18Cl2N4O3. The van der Waals surface area contributed by atoms with Crippen LogP contribution in [0.3, 0.4) is 0 Å². The molecule has 1 aromatic heterocycles. The van der Waals surface area contributed by atoms with Gasteiger partial charge in [0.1, 0.15) is 0 Å². The molecule has 9 heteroatoms. The van der Waals surface area contributed by atoms with Crippen LogP contribution in [0.15, 0.2) is 42.6 Å². The number of rotatable bonds is 5. The Morgan fingerprint density at radius 3 is 2.63 bits per heavy atom. The summed E-state index contributed by atoms with van der Waals surface area (Å²) in [4.78, 5) is 31.4. The van der Waals surface area contributed by atoms with Crippen LogP contribution in [0.25, 0.3) is 10.9 Å². The fraction of sp³-hybridized carbons (Fsp3) is 0.190. The molecule has 1 fully saturated rings. The van der Waals surface area contributed by atoms with Crippen molar-refractivity contribution in [1.29, 1.82) is 0 Å². The molecule has 4 rings (SSSR count). The maximum Gasteiger partial charge on any atom is 0.322 e. The first-order valence-corrected chi connectivity index (χ1v) is 9.97. The lowest BCUT2D eigenvalue weighted by Crippen LogP contribution is -2.29. The molecule has 0 saturated carbocycles. The van der Waals surface area contributed by atoms with Crippen molar-refractivity contribution in [2.45, 2.75) is 6.61 Å². The van der Waals surface area contributed by atoms with Gasteiger partial charge in [0.2, 0.25) is 0 Å². The second kappa shape index (κ2) is 8.47. The Labute approximate surface area is 182 Å². The molecule has 0 aliphatic carbocycles. The molecule has 3 aromatic rings. The summed E-state index contributed by atoms with van der Waals surface area (Å²) in [6.07, 6.45) is 1.66. The van der Waals surface area contributed by atoms with Crippen molar-refractivity contribution in [3.05, 3.63) is 63.8 Å². The van der Waals surface area contributed by atoms with Crippen LogP contribution in [0.1, 0.15) is 15.9 Å². The summed E-state index contributed by atoms with van der Waals surface area (Å²) in [5.41, 5.74) is 2.71. The van der Waals surface area contributed by atoms with E-state index in [4.69, 9.17) is 27.9 Å². The van der Waals surface area contributed by atoms with Gasteiger partial charge in [0.25, 0.3) is 5.91 Å². The molecular weight excluding hydrogens is 427 g/mol. The molecule has 30 heavy (non-hydrogen) atoms. The first-order valence-electron chi connectivity index (χ1n) is 9.21. The summed E-state index contributed by atoms with van der Waals surface area (Å²) in [6, 6.07) is 10.1. The number of carbonyl (C=O) groups excluding carboxylic acids is 2. The van der Waals surface area contributed by atoms with Gasteiger partial charge in [-0.2, -0.15) is 0 Å². The maximum atomic E-state index is 12.9. The van der Waals surface area contributed by atoms with Crippen LogP contribution in [0.2, 0.25) is 10.0 Å². The first kappa shape index (κ1) is 20.4. The van der Waals surface area contributed by atoms with Crippen molar-refractivity contribution in [2.24, 2.45) is 0 Å². The van der Waals surface area contributed by atoms with E-state index in [1.165, 1.54) is 0 Å². The van der Waals surface area contributed by atoms with E-state index in [0.29, 0.717) is 36.6 Å². The Morgan fingerprint density at radius 1 is 1.23 bits per heavy atom. The predicted molar refractivity (Wildman–Crippen MR) is 118 cm³/mol. The van der Waals surface area contributed by atoms with Crippen molar-refractivity contribution in [3.8, 4) is 0 Å². The molecule has 0 bridgehead atoms. The average molecular weight is 445 g/mol. The van der Waals surface area contributed by atoms with Gasteiger partial charge in [-0.15, -0.1) is 0 Å². The van der Waals surface area contributed by atoms with E-state index in [1.54, 1.807) is 48.5 Å². The summed E-state index contributed by atoms with van der Waals surface area (Å²) in [5.74, 6) is -0.443. The van der Waals surface area contributed by atoms with E-state index in [9.17, 15) is 9.59 Å². The zero-order chi connectivity index (χ0) is 21.3. The highest BCUT2D eigenvalue weighted by molar-refractivity contribution is 6.40. The molecule has 7 nitrogen and oxygen atoms in total. The number of halogens is 2. The summed E-state index contributed by atoms with van der Waals surface area (Å²) in [6.45, 7) is 1.38. The number of nitrogens with one attached hydrogen (secondary N) is 2. The highest BCUT2D eigenvalue weighted by Crippen LogP contribution is 2.35. The number of pyridine rings is 1. The van der Waals surface area contributed by atoms with E-state index >= 15 is 0 Å². The number of aromatic nitrogens is 1. The third-order valence-corrected chi connectivity index (χ3v) is 5.44. The van der Waals surface area contributed by atoms with Gasteiger partial charge in [0.15, 0.2) is 0 Å². The van der Waals surface area contributed by atoms with E-state index in [1.807, 2.05) is 6.07 Å². The number of urea groups is 1. The van der Waals surface area contributed by atoms with Crippen LogP contribution in [-0.4, -0.2) is 37.1 Å². The minimum Gasteiger partial charge on any atom is -0.380 e. The summed E-state index contributed by atoms with van der Waals surface area (Å²) >= 11 is 12.3. The van der Waals surface area contributed by atoms with Gasteiger partial charge in [-0.1, -0.05) is 41.4 Å². The van der Waals surface area contributed by atoms with E-state index in [0.717, 1.165) is 10.9 Å². The van der Waals surface area contributed by atoms with Gasteiger partial charge < -0.3 is 15.4 Å². The zero-order valence-corrected chi connectivity index (χ0v) is 17.5. The number of para-hydroxylation sites is 1. The number of hydrogen-bond acceptors (Lipinski definition) is 4. The molecule has 1 aliphatic rings.